The second-order valence-corrected chi connectivity index (χ2v) is 3.50. The van der Waals surface area contributed by atoms with Gasteiger partial charge in [-0.25, -0.2) is 6.57 Å². The summed E-state index contributed by atoms with van der Waals surface area (Å²) in [4.78, 5) is 3.58. The Morgan fingerprint density at radius 2 is 2.15 bits per heavy atom. The van der Waals surface area contributed by atoms with E-state index in [-0.39, 0.29) is 0 Å². The minimum absolute atomic E-state index is 0.432. The van der Waals surface area contributed by atoms with Crippen LogP contribution in [0, 0.1) is 6.57 Å². The summed E-state index contributed by atoms with van der Waals surface area (Å²) in [5.74, 6) is 0. The maximum Gasteiger partial charge on any atom is 0.252 e. The van der Waals surface area contributed by atoms with E-state index in [4.69, 9.17) is 6.57 Å². The van der Waals surface area contributed by atoms with Crippen LogP contribution >= 0.6 is 0 Å². The lowest BCUT2D eigenvalue weighted by molar-refractivity contribution is 0.664. The molecule has 0 atom stereocenters. The van der Waals surface area contributed by atoms with E-state index in [0.29, 0.717) is 0 Å². The smallest absolute Gasteiger partial charge is 0.252 e. The largest absolute Gasteiger partial charge is 0.306 e. The van der Waals surface area contributed by atoms with Gasteiger partial charge in [-0.1, -0.05) is 30.9 Å². The molecule has 1 heteroatoms. The third-order valence-corrected chi connectivity index (χ3v) is 2.11. The Morgan fingerprint density at radius 3 is 2.69 bits per heavy atom. The molecule has 0 aliphatic heterocycles. The molecule has 1 nitrogen and oxygen atoms in total. The van der Waals surface area contributed by atoms with E-state index in [9.17, 15) is 0 Å². The van der Waals surface area contributed by atoms with Crippen LogP contribution in [-0.2, 0) is 5.54 Å². The van der Waals surface area contributed by atoms with Crippen molar-refractivity contribution in [3.63, 3.8) is 0 Å². The molecule has 0 radical (unpaired) electrons. The fraction of sp³-hybridized carbons (Fsp3) is 0.250. The molecule has 0 aromatic heterocycles. The predicted octanol–water partition coefficient (Wildman–Crippen LogP) is 3.48. The van der Waals surface area contributed by atoms with Crippen molar-refractivity contribution in [1.82, 2.24) is 0 Å². The third-order valence-electron chi connectivity index (χ3n) is 2.11. The average molecular weight is 171 g/mol. The molecule has 0 amide bonds. The summed E-state index contributed by atoms with van der Waals surface area (Å²) < 4.78 is 0. The first-order valence-corrected chi connectivity index (χ1v) is 4.22. The summed E-state index contributed by atoms with van der Waals surface area (Å²) in [6.45, 7) is 14.6. The molecule has 0 aliphatic carbocycles. The van der Waals surface area contributed by atoms with Crippen LogP contribution in [0.4, 0.5) is 0 Å². The van der Waals surface area contributed by atoms with E-state index >= 15 is 0 Å². The SMILES string of the molecule is [C-]#[N+]C(C)(C)c1cccc(C=C)c1. The Bertz CT molecular complexity index is 356. The molecule has 0 saturated heterocycles. The van der Waals surface area contributed by atoms with Gasteiger partial charge in [-0.3, -0.25) is 0 Å². The highest BCUT2D eigenvalue weighted by Crippen LogP contribution is 2.25. The Balaban J connectivity index is 3.17. The van der Waals surface area contributed by atoms with Crippen LogP contribution in [0.25, 0.3) is 10.9 Å². The van der Waals surface area contributed by atoms with E-state index < -0.39 is 5.54 Å². The number of nitrogens with zero attached hydrogens (tertiary/aromatic N) is 1. The van der Waals surface area contributed by atoms with Crippen LogP contribution in [0.1, 0.15) is 25.0 Å². The van der Waals surface area contributed by atoms with Gasteiger partial charge < -0.3 is 4.85 Å². The molecule has 0 heterocycles. The van der Waals surface area contributed by atoms with Gasteiger partial charge in [-0.2, -0.15) is 0 Å². The first-order valence-electron chi connectivity index (χ1n) is 4.22. The molecule has 1 aromatic rings. The summed E-state index contributed by atoms with van der Waals surface area (Å²) in [6.07, 6.45) is 1.80. The highest BCUT2D eigenvalue weighted by Gasteiger charge is 2.25. The molecule has 1 aromatic carbocycles. The number of hydrogen-bond donors (Lipinski definition) is 0. The lowest BCUT2D eigenvalue weighted by atomic mass is 9.94. The van der Waals surface area contributed by atoms with Crippen molar-refractivity contribution in [3.8, 4) is 0 Å². The zero-order chi connectivity index (χ0) is 9.90. The topological polar surface area (TPSA) is 4.36 Å². The normalized spacial score (nSPS) is 10.5. The highest BCUT2D eigenvalue weighted by atomic mass is 14.8. The quantitative estimate of drug-likeness (QED) is 0.600. The molecule has 13 heavy (non-hydrogen) atoms. The Hall–Kier alpha value is -1.55. The van der Waals surface area contributed by atoms with Crippen LogP contribution in [0.15, 0.2) is 30.8 Å². The van der Waals surface area contributed by atoms with E-state index in [2.05, 4.69) is 11.4 Å². The Kier molecular flexibility index (Phi) is 2.53. The van der Waals surface area contributed by atoms with Gasteiger partial charge in [0.25, 0.3) is 5.54 Å². The fourth-order valence-corrected chi connectivity index (χ4v) is 1.11. The minimum Gasteiger partial charge on any atom is -0.306 e. The summed E-state index contributed by atoms with van der Waals surface area (Å²) in [7, 11) is 0. The Morgan fingerprint density at radius 1 is 1.46 bits per heavy atom. The van der Waals surface area contributed by atoms with E-state index in [1.165, 1.54) is 0 Å². The van der Waals surface area contributed by atoms with E-state index in [1.54, 1.807) is 6.08 Å². The standard InChI is InChI=1S/C12H13N/c1-5-10-7-6-8-11(9-10)12(2,3)13-4/h5-9H,1H2,2-3H3. The fourth-order valence-electron chi connectivity index (χ4n) is 1.11. The molecule has 0 N–H and O–H groups in total. The van der Waals surface area contributed by atoms with Crippen molar-refractivity contribution < 1.29 is 0 Å². The second-order valence-electron chi connectivity index (χ2n) is 3.50. The van der Waals surface area contributed by atoms with E-state index in [0.717, 1.165) is 11.1 Å². The molecular weight excluding hydrogens is 158 g/mol. The van der Waals surface area contributed by atoms with Gasteiger partial charge in [-0.05, 0) is 11.6 Å². The molecular formula is C12H13N. The number of hydrogen-bond acceptors (Lipinski definition) is 0. The van der Waals surface area contributed by atoms with Crippen molar-refractivity contribution in [2.75, 3.05) is 0 Å². The lowest BCUT2D eigenvalue weighted by Gasteiger charge is -2.11. The van der Waals surface area contributed by atoms with Crippen LogP contribution in [0.5, 0.6) is 0 Å². The number of rotatable bonds is 2. The summed E-state index contributed by atoms with van der Waals surface area (Å²) in [5.41, 5.74) is 1.67. The zero-order valence-electron chi connectivity index (χ0n) is 8.04. The Labute approximate surface area is 79.5 Å². The van der Waals surface area contributed by atoms with Gasteiger partial charge >= 0.3 is 0 Å². The number of benzene rings is 1. The maximum absolute atomic E-state index is 7.07. The van der Waals surface area contributed by atoms with Gasteiger partial charge in [-0.15, -0.1) is 0 Å². The molecule has 0 fully saturated rings. The van der Waals surface area contributed by atoms with Gasteiger partial charge in [0.05, 0.1) is 0 Å². The molecule has 66 valence electrons. The zero-order valence-corrected chi connectivity index (χ0v) is 8.04. The first-order chi connectivity index (χ1) is 6.10. The van der Waals surface area contributed by atoms with Crippen molar-refractivity contribution >= 4 is 6.08 Å². The van der Waals surface area contributed by atoms with Crippen LogP contribution in [-0.4, -0.2) is 0 Å². The molecule has 0 saturated carbocycles. The van der Waals surface area contributed by atoms with Crippen molar-refractivity contribution in [2.45, 2.75) is 19.4 Å². The van der Waals surface area contributed by atoms with Gasteiger partial charge in [0.1, 0.15) is 0 Å². The monoisotopic (exact) mass is 171 g/mol. The summed E-state index contributed by atoms with van der Waals surface area (Å²) in [6, 6.07) is 7.92. The van der Waals surface area contributed by atoms with Crippen LogP contribution in [0.2, 0.25) is 0 Å². The highest BCUT2D eigenvalue weighted by molar-refractivity contribution is 5.49. The van der Waals surface area contributed by atoms with Gasteiger partial charge in [0, 0.05) is 19.4 Å². The molecule has 0 spiro atoms. The summed E-state index contributed by atoms with van der Waals surface area (Å²) in [5, 5.41) is 0. The first kappa shape index (κ1) is 9.54. The third kappa shape index (κ3) is 1.97. The maximum atomic E-state index is 7.07. The van der Waals surface area contributed by atoms with Gasteiger partial charge in [0.2, 0.25) is 0 Å². The van der Waals surface area contributed by atoms with Crippen molar-refractivity contribution in [3.05, 3.63) is 53.4 Å². The van der Waals surface area contributed by atoms with Crippen molar-refractivity contribution in [1.29, 1.82) is 0 Å². The van der Waals surface area contributed by atoms with Gasteiger partial charge in [0.15, 0.2) is 0 Å². The average Bonchev–Trinajstić information content (AvgIpc) is 2.18. The molecule has 0 aliphatic rings. The molecule has 1 rings (SSSR count). The second kappa shape index (κ2) is 3.45. The molecule has 0 bridgehead atoms. The van der Waals surface area contributed by atoms with Crippen molar-refractivity contribution in [2.24, 2.45) is 0 Å². The molecule has 0 unspecified atom stereocenters. The minimum atomic E-state index is -0.432. The predicted molar refractivity (Wildman–Crippen MR) is 56.2 cm³/mol. The van der Waals surface area contributed by atoms with E-state index in [1.807, 2.05) is 38.1 Å². The summed E-state index contributed by atoms with van der Waals surface area (Å²) >= 11 is 0. The van der Waals surface area contributed by atoms with Crippen LogP contribution < -0.4 is 0 Å². The van der Waals surface area contributed by atoms with Crippen LogP contribution in [0.3, 0.4) is 0 Å². The lowest BCUT2D eigenvalue weighted by Crippen LogP contribution is -2.10.